The molecule has 1 aliphatic rings. The number of hydrogen-bond donors (Lipinski definition) is 1. The molecule has 1 atom stereocenters. The summed E-state index contributed by atoms with van der Waals surface area (Å²) in [4.78, 5) is 25.9. The lowest BCUT2D eigenvalue weighted by Gasteiger charge is -2.33. The fourth-order valence-corrected chi connectivity index (χ4v) is 2.96. The molecule has 5 heteroatoms. The zero-order chi connectivity index (χ0) is 13.3. The molecular formula is C13H18N2O2S. The molecule has 2 amide bonds. The number of nitrogens with one attached hydrogen (secondary N) is 1. The van der Waals surface area contributed by atoms with Crippen LogP contribution < -0.4 is 5.32 Å². The molecule has 0 spiro atoms. The number of carbonyl (C=O) groups excluding carboxylic acids is 2. The minimum atomic E-state index is -0.822. The van der Waals surface area contributed by atoms with Crippen LogP contribution in [0.15, 0.2) is 16.8 Å². The number of carbonyl (C=O) groups is 2. The van der Waals surface area contributed by atoms with Gasteiger partial charge >= 0.3 is 0 Å². The molecule has 0 bridgehead atoms. The van der Waals surface area contributed by atoms with E-state index in [9.17, 15) is 9.59 Å². The minimum absolute atomic E-state index is 0.00993. The van der Waals surface area contributed by atoms with Crippen molar-refractivity contribution in [3.63, 3.8) is 0 Å². The van der Waals surface area contributed by atoms with Gasteiger partial charge in [0.05, 0.1) is 6.04 Å². The lowest BCUT2D eigenvalue weighted by molar-refractivity contribution is -0.139. The third kappa shape index (κ3) is 2.41. The summed E-state index contributed by atoms with van der Waals surface area (Å²) in [7, 11) is 0. The predicted molar refractivity (Wildman–Crippen MR) is 71.3 cm³/mol. The van der Waals surface area contributed by atoms with E-state index in [0.717, 1.165) is 5.56 Å². The van der Waals surface area contributed by atoms with Crippen molar-refractivity contribution >= 4 is 23.2 Å². The van der Waals surface area contributed by atoms with Crippen LogP contribution in [0, 0.1) is 0 Å². The minimum Gasteiger partial charge on any atom is -0.342 e. The number of rotatable bonds is 2. The van der Waals surface area contributed by atoms with Crippen molar-refractivity contribution in [1.82, 2.24) is 10.2 Å². The van der Waals surface area contributed by atoms with Crippen LogP contribution in [0.4, 0.5) is 0 Å². The van der Waals surface area contributed by atoms with E-state index >= 15 is 0 Å². The van der Waals surface area contributed by atoms with Gasteiger partial charge in [-0.1, -0.05) is 0 Å². The van der Waals surface area contributed by atoms with Gasteiger partial charge < -0.3 is 10.2 Å². The Balaban J connectivity index is 2.26. The third-order valence-electron chi connectivity index (χ3n) is 3.32. The molecule has 2 heterocycles. The summed E-state index contributed by atoms with van der Waals surface area (Å²) in [6.45, 7) is 5.99. The summed E-state index contributed by atoms with van der Waals surface area (Å²) in [5, 5.41) is 6.82. The maximum Gasteiger partial charge on any atom is 0.248 e. The first-order valence-corrected chi connectivity index (χ1v) is 7.00. The van der Waals surface area contributed by atoms with Crippen LogP contribution in [0.25, 0.3) is 0 Å². The Morgan fingerprint density at radius 1 is 1.44 bits per heavy atom. The molecule has 2 rings (SSSR count). The van der Waals surface area contributed by atoms with Crippen LogP contribution in [0.2, 0.25) is 0 Å². The van der Waals surface area contributed by atoms with E-state index in [1.807, 2.05) is 23.8 Å². The number of nitrogens with zero attached hydrogens (tertiary/aromatic N) is 1. The van der Waals surface area contributed by atoms with Gasteiger partial charge in [0.15, 0.2) is 0 Å². The third-order valence-corrected chi connectivity index (χ3v) is 4.02. The molecule has 1 unspecified atom stereocenters. The van der Waals surface area contributed by atoms with Crippen molar-refractivity contribution in [2.75, 3.05) is 6.54 Å². The molecule has 1 fully saturated rings. The predicted octanol–water partition coefficient (Wildman–Crippen LogP) is 1.94. The molecule has 0 aliphatic carbocycles. The lowest BCUT2D eigenvalue weighted by atomic mass is 10.0. The van der Waals surface area contributed by atoms with E-state index in [2.05, 4.69) is 5.32 Å². The highest BCUT2D eigenvalue weighted by Crippen LogP contribution is 2.26. The first-order valence-electron chi connectivity index (χ1n) is 6.06. The second kappa shape index (κ2) is 4.72. The van der Waals surface area contributed by atoms with Gasteiger partial charge in [0, 0.05) is 13.0 Å². The van der Waals surface area contributed by atoms with Gasteiger partial charge in [-0.15, -0.1) is 0 Å². The Hall–Kier alpha value is -1.36. The number of amides is 2. The maximum absolute atomic E-state index is 12.5. The Labute approximate surface area is 111 Å². The van der Waals surface area contributed by atoms with E-state index in [-0.39, 0.29) is 17.9 Å². The van der Waals surface area contributed by atoms with Crippen molar-refractivity contribution < 1.29 is 9.59 Å². The van der Waals surface area contributed by atoms with Crippen LogP contribution in [0.1, 0.15) is 38.8 Å². The highest BCUT2D eigenvalue weighted by Gasteiger charge is 2.38. The molecule has 1 aliphatic heterocycles. The average Bonchev–Trinajstić information content (AvgIpc) is 2.77. The Morgan fingerprint density at radius 2 is 2.17 bits per heavy atom. The smallest absolute Gasteiger partial charge is 0.248 e. The van der Waals surface area contributed by atoms with Crippen molar-refractivity contribution in [3.05, 3.63) is 22.4 Å². The molecule has 1 aromatic rings. The highest BCUT2D eigenvalue weighted by molar-refractivity contribution is 7.07. The summed E-state index contributed by atoms with van der Waals surface area (Å²) in [6, 6.07) is 2.03. The molecule has 98 valence electrons. The average molecular weight is 266 g/mol. The normalized spacial score (nSPS) is 21.4. The van der Waals surface area contributed by atoms with E-state index in [1.54, 1.807) is 30.1 Å². The van der Waals surface area contributed by atoms with Crippen molar-refractivity contribution in [1.29, 1.82) is 0 Å². The fraction of sp³-hybridized carbons (Fsp3) is 0.538. The monoisotopic (exact) mass is 266 g/mol. The molecule has 1 aromatic heterocycles. The van der Waals surface area contributed by atoms with Gasteiger partial charge in [-0.25, -0.2) is 0 Å². The summed E-state index contributed by atoms with van der Waals surface area (Å²) in [5.41, 5.74) is 0.302. The molecule has 0 radical (unpaired) electrons. The van der Waals surface area contributed by atoms with Gasteiger partial charge in [-0.05, 0) is 43.2 Å². The largest absolute Gasteiger partial charge is 0.342 e. The van der Waals surface area contributed by atoms with Gasteiger partial charge in [0.2, 0.25) is 11.8 Å². The van der Waals surface area contributed by atoms with E-state index in [1.165, 1.54) is 0 Å². The molecule has 0 saturated carbocycles. The van der Waals surface area contributed by atoms with Gasteiger partial charge in [-0.3, -0.25) is 9.59 Å². The summed E-state index contributed by atoms with van der Waals surface area (Å²) < 4.78 is 0. The van der Waals surface area contributed by atoms with Crippen molar-refractivity contribution in [3.8, 4) is 0 Å². The van der Waals surface area contributed by atoms with Gasteiger partial charge in [-0.2, -0.15) is 11.3 Å². The Morgan fingerprint density at radius 3 is 2.78 bits per heavy atom. The number of hydrogen-bond acceptors (Lipinski definition) is 3. The highest BCUT2D eigenvalue weighted by atomic mass is 32.1. The summed E-state index contributed by atoms with van der Waals surface area (Å²) in [6.07, 6.45) is 0.365. The van der Waals surface area contributed by atoms with E-state index in [0.29, 0.717) is 13.0 Å². The molecule has 4 nitrogen and oxygen atoms in total. The maximum atomic E-state index is 12.5. The summed E-state index contributed by atoms with van der Waals surface area (Å²) >= 11 is 1.62. The van der Waals surface area contributed by atoms with Crippen molar-refractivity contribution in [2.24, 2.45) is 0 Å². The van der Waals surface area contributed by atoms with Crippen LogP contribution in [0.3, 0.4) is 0 Å². The molecular weight excluding hydrogens is 248 g/mol. The van der Waals surface area contributed by atoms with E-state index in [4.69, 9.17) is 0 Å². The SMILES string of the molecule is CC(c1ccsc1)N1CCC(=O)NC(C)(C)C1=O. The molecule has 1 N–H and O–H groups in total. The van der Waals surface area contributed by atoms with Crippen LogP contribution in [-0.4, -0.2) is 28.8 Å². The van der Waals surface area contributed by atoms with Gasteiger partial charge in [0.25, 0.3) is 0 Å². The first-order chi connectivity index (χ1) is 8.42. The van der Waals surface area contributed by atoms with Crippen LogP contribution >= 0.6 is 11.3 Å². The zero-order valence-electron chi connectivity index (χ0n) is 10.9. The molecule has 1 saturated heterocycles. The molecule has 0 aromatic carbocycles. The van der Waals surface area contributed by atoms with Crippen LogP contribution in [-0.2, 0) is 9.59 Å². The topological polar surface area (TPSA) is 49.4 Å². The van der Waals surface area contributed by atoms with Crippen LogP contribution in [0.5, 0.6) is 0 Å². The molecule has 18 heavy (non-hydrogen) atoms. The van der Waals surface area contributed by atoms with Gasteiger partial charge in [0.1, 0.15) is 5.54 Å². The Bertz CT molecular complexity index is 454. The van der Waals surface area contributed by atoms with Crippen molar-refractivity contribution in [2.45, 2.75) is 38.8 Å². The first kappa shape index (κ1) is 13.1. The quantitative estimate of drug-likeness (QED) is 0.889. The lowest BCUT2D eigenvalue weighted by Crippen LogP contribution is -2.53. The Kier molecular flexibility index (Phi) is 3.43. The number of thiophene rings is 1. The second-order valence-corrected chi connectivity index (χ2v) is 5.93. The standard InChI is InChI=1S/C13H18N2O2S/c1-9(10-5-7-18-8-10)15-6-4-11(16)14-13(2,3)12(15)17/h5,7-9H,4,6H2,1-3H3,(H,14,16). The zero-order valence-corrected chi connectivity index (χ0v) is 11.7. The fourth-order valence-electron chi connectivity index (χ4n) is 2.21. The summed E-state index contributed by atoms with van der Waals surface area (Å²) in [5.74, 6) is -0.0829. The van der Waals surface area contributed by atoms with E-state index < -0.39 is 5.54 Å². The second-order valence-electron chi connectivity index (χ2n) is 5.15.